The largest absolute Gasteiger partial charge is 0.479 e. The van der Waals surface area contributed by atoms with E-state index in [0.717, 1.165) is 30.4 Å². The van der Waals surface area contributed by atoms with Crippen LogP contribution in [0.4, 0.5) is 5.69 Å². The van der Waals surface area contributed by atoms with E-state index < -0.39 is 11.5 Å². The van der Waals surface area contributed by atoms with Gasteiger partial charge in [-0.15, -0.1) is 0 Å². The Morgan fingerprint density at radius 3 is 2.56 bits per heavy atom. The lowest BCUT2D eigenvalue weighted by molar-refractivity contribution is -0.144. The number of rotatable bonds is 10. The summed E-state index contributed by atoms with van der Waals surface area (Å²) in [5.41, 5.74) is 1.58. The van der Waals surface area contributed by atoms with Gasteiger partial charge in [-0.1, -0.05) is 69.0 Å². The summed E-state index contributed by atoms with van der Waals surface area (Å²) in [6.07, 6.45) is 6.26. The van der Waals surface area contributed by atoms with Crippen LogP contribution in [0.1, 0.15) is 79.3 Å². The summed E-state index contributed by atoms with van der Waals surface area (Å²) < 4.78 is 0. The van der Waals surface area contributed by atoms with Crippen LogP contribution >= 0.6 is 0 Å². The summed E-state index contributed by atoms with van der Waals surface area (Å²) in [6.45, 7) is 2.43. The number of unbranched alkanes of at least 4 members (excludes halogenated alkanes) is 4. The fourth-order valence-electron chi connectivity index (χ4n) is 4.79. The number of amides is 2. The molecule has 1 fully saturated rings. The lowest BCUT2D eigenvalue weighted by Crippen LogP contribution is -2.45. The van der Waals surface area contributed by atoms with Gasteiger partial charge in [-0.25, -0.2) is 4.79 Å². The number of aliphatic carboxylic acids is 1. The fraction of sp³-hybridized carbons (Fsp3) is 0.423. The van der Waals surface area contributed by atoms with Crippen molar-refractivity contribution in [2.75, 3.05) is 5.32 Å². The van der Waals surface area contributed by atoms with E-state index in [1.54, 1.807) is 12.1 Å². The van der Waals surface area contributed by atoms with Gasteiger partial charge in [-0.2, -0.15) is 0 Å². The third kappa shape index (κ3) is 4.14. The molecule has 0 spiro atoms. The van der Waals surface area contributed by atoms with Gasteiger partial charge in [0.2, 0.25) is 5.91 Å². The molecule has 0 saturated heterocycles. The van der Waals surface area contributed by atoms with E-state index in [1.807, 2.05) is 36.4 Å². The average Bonchev–Trinajstić information content (AvgIpc) is 3.47. The van der Waals surface area contributed by atoms with E-state index in [0.29, 0.717) is 24.1 Å². The Balaban J connectivity index is 1.44. The van der Waals surface area contributed by atoms with Crippen molar-refractivity contribution in [1.82, 2.24) is 4.90 Å². The molecule has 2 atom stereocenters. The molecule has 1 aliphatic heterocycles. The van der Waals surface area contributed by atoms with Crippen LogP contribution in [-0.4, -0.2) is 33.3 Å². The highest BCUT2D eigenvalue weighted by Gasteiger charge is 2.67. The summed E-state index contributed by atoms with van der Waals surface area (Å²) in [5, 5.41) is 12.9. The first-order valence-corrected chi connectivity index (χ1v) is 11.5. The summed E-state index contributed by atoms with van der Waals surface area (Å²) in [5.74, 6) is -1.52. The van der Waals surface area contributed by atoms with Crippen molar-refractivity contribution in [3.05, 3.63) is 65.2 Å². The summed E-state index contributed by atoms with van der Waals surface area (Å²) >= 11 is 0. The van der Waals surface area contributed by atoms with Gasteiger partial charge in [0.1, 0.15) is 5.54 Å². The molecule has 2 amide bonds. The van der Waals surface area contributed by atoms with Crippen LogP contribution < -0.4 is 5.32 Å². The second-order valence-electron chi connectivity index (χ2n) is 8.87. The third-order valence-corrected chi connectivity index (χ3v) is 6.69. The predicted octanol–water partition coefficient (Wildman–Crippen LogP) is 4.95. The van der Waals surface area contributed by atoms with E-state index in [-0.39, 0.29) is 24.3 Å². The highest BCUT2D eigenvalue weighted by atomic mass is 16.4. The minimum Gasteiger partial charge on any atom is -0.479 e. The number of fused-ring (bicyclic) bond motifs is 1. The number of hydrogen-bond acceptors (Lipinski definition) is 3. The van der Waals surface area contributed by atoms with E-state index in [1.165, 1.54) is 17.7 Å². The van der Waals surface area contributed by atoms with E-state index >= 15 is 0 Å². The number of nitrogens with zero attached hydrogens (tertiary/aromatic N) is 1. The number of anilines is 1. The minimum absolute atomic E-state index is 0.0582. The number of carbonyl (C=O) groups is 3. The van der Waals surface area contributed by atoms with Gasteiger partial charge in [-0.05, 0) is 36.1 Å². The first-order valence-electron chi connectivity index (χ1n) is 11.5. The molecule has 2 aliphatic rings. The Labute approximate surface area is 188 Å². The predicted molar refractivity (Wildman–Crippen MR) is 122 cm³/mol. The molecular weight excluding hydrogens is 404 g/mol. The van der Waals surface area contributed by atoms with Crippen molar-refractivity contribution < 1.29 is 19.5 Å². The molecule has 2 N–H and O–H groups in total. The SMILES string of the molecule is CCCCCCCC(=O)Nc1ccc2c(c1)C(=O)N(C1(C(=O)O)CC1c1ccccc1)C2. The zero-order valence-corrected chi connectivity index (χ0v) is 18.5. The number of hydrogen-bond donors (Lipinski definition) is 2. The maximum absolute atomic E-state index is 13.2. The van der Waals surface area contributed by atoms with Gasteiger partial charge in [0, 0.05) is 30.1 Å². The molecule has 0 radical (unpaired) electrons. The molecule has 6 nitrogen and oxygen atoms in total. The molecule has 32 heavy (non-hydrogen) atoms. The number of benzene rings is 2. The topological polar surface area (TPSA) is 86.7 Å². The molecule has 4 rings (SSSR count). The van der Waals surface area contributed by atoms with Crippen molar-refractivity contribution in [3.8, 4) is 0 Å². The van der Waals surface area contributed by atoms with Crippen molar-refractivity contribution in [1.29, 1.82) is 0 Å². The van der Waals surface area contributed by atoms with Crippen molar-refractivity contribution in [2.24, 2.45) is 0 Å². The number of carbonyl (C=O) groups excluding carboxylic acids is 2. The highest BCUT2D eigenvalue weighted by molar-refractivity contribution is 6.04. The van der Waals surface area contributed by atoms with Crippen LogP contribution in [0.15, 0.2) is 48.5 Å². The van der Waals surface area contributed by atoms with Gasteiger partial charge >= 0.3 is 5.97 Å². The Bertz CT molecular complexity index is 1020. The zero-order chi connectivity index (χ0) is 22.7. The van der Waals surface area contributed by atoms with Gasteiger partial charge in [0.05, 0.1) is 0 Å². The first kappa shape index (κ1) is 22.1. The Kier molecular flexibility index (Phi) is 6.31. The van der Waals surface area contributed by atoms with E-state index in [9.17, 15) is 19.5 Å². The van der Waals surface area contributed by atoms with E-state index in [4.69, 9.17) is 0 Å². The Morgan fingerprint density at radius 1 is 1.09 bits per heavy atom. The second-order valence-corrected chi connectivity index (χ2v) is 8.87. The summed E-state index contributed by atoms with van der Waals surface area (Å²) in [4.78, 5) is 39.3. The molecule has 1 aliphatic carbocycles. The molecule has 6 heteroatoms. The molecule has 1 saturated carbocycles. The molecule has 2 aromatic carbocycles. The van der Waals surface area contributed by atoms with E-state index in [2.05, 4.69) is 12.2 Å². The standard InChI is InChI=1S/C26H30N2O4/c1-2-3-4-5-9-12-23(29)27-20-14-13-19-17-28(24(30)21(19)15-20)26(25(31)32)16-22(26)18-10-7-6-8-11-18/h6-8,10-11,13-15,22H,2-5,9,12,16-17H2,1H3,(H,27,29)(H,31,32). The molecule has 2 aromatic rings. The fourth-order valence-corrected chi connectivity index (χ4v) is 4.79. The molecular formula is C26H30N2O4. The van der Waals surface area contributed by atoms with Crippen LogP contribution in [0.25, 0.3) is 0 Å². The summed E-state index contributed by atoms with van der Waals surface area (Å²) in [7, 11) is 0. The van der Waals surface area contributed by atoms with Gasteiger partial charge < -0.3 is 15.3 Å². The van der Waals surface area contributed by atoms with Crippen LogP contribution in [-0.2, 0) is 16.1 Å². The molecule has 0 aromatic heterocycles. The monoisotopic (exact) mass is 434 g/mol. The van der Waals surface area contributed by atoms with Gasteiger partial charge in [0.25, 0.3) is 5.91 Å². The normalized spacial score (nSPS) is 21.3. The molecule has 2 unspecified atom stereocenters. The van der Waals surface area contributed by atoms with Crippen LogP contribution in [0.3, 0.4) is 0 Å². The maximum Gasteiger partial charge on any atom is 0.330 e. The smallest absolute Gasteiger partial charge is 0.330 e. The Hall–Kier alpha value is -3.15. The van der Waals surface area contributed by atoms with Crippen molar-refractivity contribution in [2.45, 2.75) is 69.9 Å². The number of nitrogens with one attached hydrogen (secondary N) is 1. The first-order chi connectivity index (χ1) is 15.5. The zero-order valence-electron chi connectivity index (χ0n) is 18.5. The molecule has 168 valence electrons. The van der Waals surface area contributed by atoms with Crippen molar-refractivity contribution in [3.63, 3.8) is 0 Å². The third-order valence-electron chi connectivity index (χ3n) is 6.69. The maximum atomic E-state index is 13.2. The van der Waals surface area contributed by atoms with Gasteiger partial charge in [0.15, 0.2) is 0 Å². The Morgan fingerprint density at radius 2 is 1.84 bits per heavy atom. The lowest BCUT2D eigenvalue weighted by atomic mass is 10.0. The molecule has 1 heterocycles. The minimum atomic E-state index is -1.21. The molecule has 0 bridgehead atoms. The average molecular weight is 435 g/mol. The number of carboxylic acids is 1. The lowest BCUT2D eigenvalue weighted by Gasteiger charge is -2.25. The van der Waals surface area contributed by atoms with Crippen LogP contribution in [0, 0.1) is 0 Å². The quantitative estimate of drug-likeness (QED) is 0.518. The highest BCUT2D eigenvalue weighted by Crippen LogP contribution is 2.57. The van der Waals surface area contributed by atoms with Gasteiger partial charge in [-0.3, -0.25) is 9.59 Å². The number of carboxylic acid groups (broad SMARTS) is 1. The van der Waals surface area contributed by atoms with Crippen LogP contribution in [0.2, 0.25) is 0 Å². The van der Waals surface area contributed by atoms with Crippen LogP contribution in [0.5, 0.6) is 0 Å². The second kappa shape index (κ2) is 9.15. The van der Waals surface area contributed by atoms with Crippen molar-refractivity contribution >= 4 is 23.5 Å². The summed E-state index contributed by atoms with van der Waals surface area (Å²) in [6, 6.07) is 14.8.